The standard InChI is InChI=1S/C25H29F3N2O3S/c1-15-3-2-4-20(9-15)34(32,33)8-7-25(31)30-18-5-6-19(30)11-17(10-18)24(29)13-16-12-22(27)23(28)14-21(16)26/h2-4,9,12,14,17-19,24H,5-8,10-11,13,29H2,1H3/t17-,18-,19+,24-/m1/s1. The van der Waals surface area contributed by atoms with Crippen molar-refractivity contribution in [2.75, 3.05) is 5.75 Å². The molecular weight excluding hydrogens is 465 g/mol. The van der Waals surface area contributed by atoms with Crippen LogP contribution in [0.4, 0.5) is 13.2 Å². The number of sulfone groups is 1. The maximum Gasteiger partial charge on any atom is 0.224 e. The van der Waals surface area contributed by atoms with Gasteiger partial charge in [0.1, 0.15) is 5.82 Å². The summed E-state index contributed by atoms with van der Waals surface area (Å²) in [5, 5.41) is 0. The first kappa shape index (κ1) is 24.7. The number of fused-ring (bicyclic) bond motifs is 2. The van der Waals surface area contributed by atoms with Crippen LogP contribution < -0.4 is 5.73 Å². The number of nitrogens with zero attached hydrogens (tertiary/aromatic N) is 1. The van der Waals surface area contributed by atoms with Gasteiger partial charge < -0.3 is 10.6 Å². The zero-order valence-electron chi connectivity index (χ0n) is 19.0. The molecule has 2 aliphatic heterocycles. The predicted octanol–water partition coefficient (Wildman–Crippen LogP) is 3.92. The molecule has 0 unspecified atom stereocenters. The lowest BCUT2D eigenvalue weighted by Gasteiger charge is -2.41. The van der Waals surface area contributed by atoms with Crippen LogP contribution in [-0.2, 0) is 21.1 Å². The lowest BCUT2D eigenvalue weighted by Crippen LogP contribution is -2.50. The molecule has 4 rings (SSSR count). The Bertz CT molecular complexity index is 1170. The molecule has 0 radical (unpaired) electrons. The average molecular weight is 495 g/mol. The van der Waals surface area contributed by atoms with E-state index in [2.05, 4.69) is 0 Å². The molecule has 2 saturated heterocycles. The Labute approximate surface area is 198 Å². The number of aryl methyl sites for hydroxylation is 1. The summed E-state index contributed by atoms with van der Waals surface area (Å²) in [5.74, 6) is -3.58. The summed E-state index contributed by atoms with van der Waals surface area (Å²) in [6, 6.07) is 7.49. The van der Waals surface area contributed by atoms with Crippen molar-refractivity contribution in [2.45, 2.75) is 68.5 Å². The first-order valence-corrected chi connectivity index (χ1v) is 13.2. The minimum Gasteiger partial charge on any atom is -0.337 e. The second-order valence-corrected chi connectivity index (χ2v) is 11.6. The lowest BCUT2D eigenvalue weighted by atomic mass is 9.82. The van der Waals surface area contributed by atoms with Crippen LogP contribution in [-0.4, -0.2) is 43.1 Å². The highest BCUT2D eigenvalue weighted by Gasteiger charge is 2.44. The van der Waals surface area contributed by atoms with E-state index in [0.29, 0.717) is 18.9 Å². The zero-order chi connectivity index (χ0) is 24.6. The molecule has 5 nitrogen and oxygen atoms in total. The molecule has 1 amide bonds. The lowest BCUT2D eigenvalue weighted by molar-refractivity contribution is -0.136. The molecule has 0 saturated carbocycles. The van der Waals surface area contributed by atoms with Gasteiger partial charge in [0.15, 0.2) is 21.5 Å². The van der Waals surface area contributed by atoms with E-state index in [1.807, 2.05) is 17.9 Å². The van der Waals surface area contributed by atoms with Gasteiger partial charge in [0.2, 0.25) is 5.91 Å². The second kappa shape index (κ2) is 9.70. The quantitative estimate of drug-likeness (QED) is 0.592. The average Bonchev–Trinajstić information content (AvgIpc) is 3.05. The molecule has 2 N–H and O–H groups in total. The van der Waals surface area contributed by atoms with Gasteiger partial charge in [-0.2, -0.15) is 0 Å². The summed E-state index contributed by atoms with van der Waals surface area (Å²) in [5.41, 5.74) is 7.22. The third kappa shape index (κ3) is 5.15. The summed E-state index contributed by atoms with van der Waals surface area (Å²) in [6.45, 7) is 1.82. The molecular formula is C25H29F3N2O3S. The van der Waals surface area contributed by atoms with Gasteiger partial charge in [0, 0.05) is 30.6 Å². The van der Waals surface area contributed by atoms with Crippen LogP contribution >= 0.6 is 0 Å². The Morgan fingerprint density at radius 1 is 1.06 bits per heavy atom. The number of benzene rings is 2. The van der Waals surface area contributed by atoms with Crippen molar-refractivity contribution in [1.82, 2.24) is 4.90 Å². The third-order valence-corrected chi connectivity index (χ3v) is 8.86. The maximum absolute atomic E-state index is 14.1. The van der Waals surface area contributed by atoms with Crippen LogP contribution in [0.2, 0.25) is 0 Å². The van der Waals surface area contributed by atoms with E-state index < -0.39 is 33.3 Å². The minimum atomic E-state index is -3.56. The summed E-state index contributed by atoms with van der Waals surface area (Å²) < 4.78 is 66.1. The Kier molecular flexibility index (Phi) is 7.05. The predicted molar refractivity (Wildman–Crippen MR) is 122 cm³/mol. The minimum absolute atomic E-state index is 0.00471. The topological polar surface area (TPSA) is 80.5 Å². The maximum atomic E-state index is 14.1. The largest absolute Gasteiger partial charge is 0.337 e. The van der Waals surface area contributed by atoms with Crippen molar-refractivity contribution in [3.63, 3.8) is 0 Å². The van der Waals surface area contributed by atoms with E-state index in [4.69, 9.17) is 5.73 Å². The highest BCUT2D eigenvalue weighted by molar-refractivity contribution is 7.91. The fourth-order valence-electron chi connectivity index (χ4n) is 5.39. The van der Waals surface area contributed by atoms with E-state index >= 15 is 0 Å². The SMILES string of the molecule is Cc1cccc(S(=O)(=O)CCC(=O)N2[C@@H]3CC[C@H]2C[C@H]([C@H](N)Cc2cc(F)c(F)cc2F)C3)c1. The monoisotopic (exact) mass is 494 g/mol. The highest BCUT2D eigenvalue weighted by atomic mass is 32.2. The molecule has 2 fully saturated rings. The number of halogens is 3. The van der Waals surface area contributed by atoms with E-state index in [-0.39, 0.29) is 53.0 Å². The fourth-order valence-corrected chi connectivity index (χ4v) is 6.72. The molecule has 9 heteroatoms. The van der Waals surface area contributed by atoms with Gasteiger partial charge in [-0.1, -0.05) is 12.1 Å². The molecule has 2 heterocycles. The number of amides is 1. The van der Waals surface area contributed by atoms with Gasteiger partial charge in [-0.3, -0.25) is 4.79 Å². The summed E-state index contributed by atoms with van der Waals surface area (Å²) >= 11 is 0. The zero-order valence-corrected chi connectivity index (χ0v) is 19.8. The molecule has 2 aliphatic rings. The normalized spacial score (nSPS) is 23.2. The van der Waals surface area contributed by atoms with E-state index in [1.165, 1.54) is 0 Å². The number of nitrogens with two attached hydrogens (primary N) is 1. The van der Waals surface area contributed by atoms with Crippen LogP contribution in [0, 0.1) is 30.3 Å². The van der Waals surface area contributed by atoms with E-state index in [0.717, 1.165) is 24.5 Å². The van der Waals surface area contributed by atoms with Crippen molar-refractivity contribution in [2.24, 2.45) is 11.7 Å². The van der Waals surface area contributed by atoms with Crippen LogP contribution in [0.15, 0.2) is 41.3 Å². The second-order valence-electron chi connectivity index (χ2n) is 9.53. The van der Waals surface area contributed by atoms with Gasteiger partial charge in [-0.05, 0) is 74.3 Å². The third-order valence-electron chi connectivity index (χ3n) is 7.14. The summed E-state index contributed by atoms with van der Waals surface area (Å²) in [7, 11) is -3.56. The smallest absolute Gasteiger partial charge is 0.224 e. The van der Waals surface area contributed by atoms with Crippen molar-refractivity contribution < 1.29 is 26.4 Å². The van der Waals surface area contributed by atoms with Crippen molar-refractivity contribution in [1.29, 1.82) is 0 Å². The van der Waals surface area contributed by atoms with Gasteiger partial charge in [-0.25, -0.2) is 21.6 Å². The van der Waals surface area contributed by atoms with Gasteiger partial charge in [0.05, 0.1) is 10.6 Å². The van der Waals surface area contributed by atoms with Crippen LogP contribution in [0.25, 0.3) is 0 Å². The molecule has 2 aromatic carbocycles. The summed E-state index contributed by atoms with van der Waals surface area (Å²) in [6.07, 6.45) is 2.86. The molecule has 0 aliphatic carbocycles. The van der Waals surface area contributed by atoms with Gasteiger partial charge in [-0.15, -0.1) is 0 Å². The number of hydrogen-bond acceptors (Lipinski definition) is 4. The molecule has 2 aromatic rings. The first-order valence-electron chi connectivity index (χ1n) is 11.5. The van der Waals surface area contributed by atoms with Crippen molar-refractivity contribution >= 4 is 15.7 Å². The Morgan fingerprint density at radius 3 is 2.35 bits per heavy atom. The molecule has 184 valence electrons. The molecule has 0 aromatic heterocycles. The Morgan fingerprint density at radius 2 is 1.71 bits per heavy atom. The molecule has 0 spiro atoms. The number of carbonyl (C=O) groups is 1. The number of piperidine rings is 1. The van der Waals surface area contributed by atoms with Crippen LogP contribution in [0.1, 0.15) is 43.2 Å². The van der Waals surface area contributed by atoms with Crippen molar-refractivity contribution in [3.05, 3.63) is 65.0 Å². The van der Waals surface area contributed by atoms with E-state index in [9.17, 15) is 26.4 Å². The molecule has 2 bridgehead atoms. The van der Waals surface area contributed by atoms with Crippen LogP contribution in [0.3, 0.4) is 0 Å². The van der Waals surface area contributed by atoms with E-state index in [1.54, 1.807) is 18.2 Å². The molecule has 34 heavy (non-hydrogen) atoms. The van der Waals surface area contributed by atoms with Gasteiger partial charge in [0.25, 0.3) is 0 Å². The summed E-state index contributed by atoms with van der Waals surface area (Å²) in [4.78, 5) is 15.0. The fraction of sp³-hybridized carbons (Fsp3) is 0.480. The number of hydrogen-bond donors (Lipinski definition) is 1. The van der Waals surface area contributed by atoms with Crippen molar-refractivity contribution in [3.8, 4) is 0 Å². The van der Waals surface area contributed by atoms with Crippen LogP contribution in [0.5, 0.6) is 0 Å². The Hall–Kier alpha value is -2.39. The molecule has 4 atom stereocenters. The highest BCUT2D eigenvalue weighted by Crippen LogP contribution is 2.40. The van der Waals surface area contributed by atoms with Gasteiger partial charge >= 0.3 is 0 Å². The first-order chi connectivity index (χ1) is 16.0. The number of carbonyl (C=O) groups excluding carboxylic acids is 1. The number of rotatable bonds is 7. The Balaban J connectivity index is 1.37.